The average Bonchev–Trinajstić information content (AvgIpc) is 2.75. The minimum absolute atomic E-state index is 0.0860. The zero-order chi connectivity index (χ0) is 19.9. The molecule has 0 saturated carbocycles. The van der Waals surface area contributed by atoms with Crippen LogP contribution in [-0.2, 0) is 5.41 Å². The largest absolute Gasteiger partial charge is 0.0654 e. The molecule has 0 unspecified atom stereocenters. The fourth-order valence-corrected chi connectivity index (χ4v) is 4.28. The van der Waals surface area contributed by atoms with Gasteiger partial charge in [0.25, 0.3) is 0 Å². The molecule has 2 aromatic carbocycles. The second-order valence-corrected chi connectivity index (χ2v) is 8.55. The molecule has 0 aromatic heterocycles. The summed E-state index contributed by atoms with van der Waals surface area (Å²) < 4.78 is 0. The minimum atomic E-state index is 0.0860. The minimum Gasteiger partial charge on any atom is -0.0654 e. The molecule has 0 bridgehead atoms. The number of unbranched alkanes of at least 4 members (excludes halogenated alkanes) is 11. The van der Waals surface area contributed by atoms with Crippen LogP contribution in [0.4, 0.5) is 0 Å². The standard InChI is InChI=1S/C28H40/c1-3-4-5-6-7-8-9-10-11-12-13-20-25-28(2,26-21-16-14-17-22-26)27-23-18-15-19-24-27/h16-19,21-24H,3-13,20,25H2,1-2H3. The van der Waals surface area contributed by atoms with Gasteiger partial charge in [-0.15, -0.1) is 0 Å². The molecular weight excluding hydrogens is 336 g/mol. The SMILES string of the molecule is CCCCCCCCCCCCCCC(C)(c1cc[c]cc1)c1cc[c]cc1. The maximum absolute atomic E-state index is 3.16. The van der Waals surface area contributed by atoms with E-state index in [1.165, 1.54) is 94.6 Å². The van der Waals surface area contributed by atoms with Gasteiger partial charge in [-0.05, 0) is 29.7 Å². The summed E-state index contributed by atoms with van der Waals surface area (Å²) in [5.41, 5.74) is 2.89. The average molecular weight is 377 g/mol. The third-order valence-corrected chi connectivity index (χ3v) is 6.24. The molecule has 2 radical (unpaired) electrons. The zero-order valence-corrected chi connectivity index (χ0v) is 18.3. The van der Waals surface area contributed by atoms with Crippen LogP contribution < -0.4 is 0 Å². The molecule has 28 heavy (non-hydrogen) atoms. The highest BCUT2D eigenvalue weighted by Crippen LogP contribution is 2.36. The van der Waals surface area contributed by atoms with Gasteiger partial charge in [-0.2, -0.15) is 0 Å². The van der Waals surface area contributed by atoms with E-state index in [9.17, 15) is 0 Å². The third-order valence-electron chi connectivity index (χ3n) is 6.24. The monoisotopic (exact) mass is 376 g/mol. The Morgan fingerprint density at radius 1 is 0.571 bits per heavy atom. The van der Waals surface area contributed by atoms with E-state index in [-0.39, 0.29) is 5.41 Å². The van der Waals surface area contributed by atoms with E-state index in [0.717, 1.165) is 0 Å². The van der Waals surface area contributed by atoms with Crippen molar-refractivity contribution in [2.45, 2.75) is 103 Å². The maximum atomic E-state index is 3.16. The first-order valence-corrected chi connectivity index (χ1v) is 11.7. The Bertz CT molecular complexity index is 559. The van der Waals surface area contributed by atoms with Crippen LogP contribution in [0.5, 0.6) is 0 Å². The molecule has 0 amide bonds. The summed E-state index contributed by atoms with van der Waals surface area (Å²) in [5.74, 6) is 0. The Hall–Kier alpha value is -1.56. The summed E-state index contributed by atoms with van der Waals surface area (Å²) in [5, 5.41) is 0. The molecule has 2 rings (SSSR count). The van der Waals surface area contributed by atoms with Crippen LogP contribution in [0.2, 0.25) is 0 Å². The van der Waals surface area contributed by atoms with Crippen molar-refractivity contribution in [1.82, 2.24) is 0 Å². The van der Waals surface area contributed by atoms with Gasteiger partial charge in [0.2, 0.25) is 0 Å². The smallest absolute Gasteiger partial charge is 0.0174 e. The molecule has 0 heterocycles. The van der Waals surface area contributed by atoms with Crippen molar-refractivity contribution in [1.29, 1.82) is 0 Å². The second-order valence-electron chi connectivity index (χ2n) is 8.55. The molecule has 0 fully saturated rings. The second kappa shape index (κ2) is 13.6. The molecule has 0 nitrogen and oxygen atoms in total. The van der Waals surface area contributed by atoms with Crippen LogP contribution in [0.3, 0.4) is 0 Å². The van der Waals surface area contributed by atoms with E-state index >= 15 is 0 Å². The van der Waals surface area contributed by atoms with Crippen LogP contribution in [-0.4, -0.2) is 0 Å². The Morgan fingerprint density at radius 3 is 1.32 bits per heavy atom. The predicted molar refractivity (Wildman–Crippen MR) is 123 cm³/mol. The van der Waals surface area contributed by atoms with E-state index in [4.69, 9.17) is 0 Å². The normalized spacial score (nSPS) is 11.6. The quantitative estimate of drug-likeness (QED) is 0.273. The molecule has 0 aliphatic carbocycles. The molecule has 0 saturated heterocycles. The molecule has 0 aliphatic heterocycles. The van der Waals surface area contributed by atoms with E-state index in [2.05, 4.69) is 50.2 Å². The van der Waals surface area contributed by atoms with E-state index < -0.39 is 0 Å². The Labute approximate surface area is 174 Å². The van der Waals surface area contributed by atoms with E-state index in [0.29, 0.717) is 0 Å². The molecule has 0 atom stereocenters. The Morgan fingerprint density at radius 2 is 0.929 bits per heavy atom. The molecule has 152 valence electrons. The van der Waals surface area contributed by atoms with Crippen molar-refractivity contribution in [3.8, 4) is 0 Å². The summed E-state index contributed by atoms with van der Waals surface area (Å²) in [6, 6.07) is 23.4. The van der Waals surface area contributed by atoms with Gasteiger partial charge in [0.05, 0.1) is 0 Å². The Kier molecular flexibility index (Phi) is 11.0. The fourth-order valence-electron chi connectivity index (χ4n) is 4.28. The first kappa shape index (κ1) is 22.7. The van der Waals surface area contributed by atoms with E-state index in [1.54, 1.807) is 0 Å². The lowest BCUT2D eigenvalue weighted by atomic mass is 9.72. The molecule has 0 heteroatoms. The van der Waals surface area contributed by atoms with E-state index in [1.807, 2.05) is 24.3 Å². The Balaban J connectivity index is 1.68. The van der Waals surface area contributed by atoms with Crippen LogP contribution in [0.25, 0.3) is 0 Å². The van der Waals surface area contributed by atoms with Crippen LogP contribution in [0.1, 0.15) is 108 Å². The van der Waals surface area contributed by atoms with Crippen molar-refractivity contribution in [3.63, 3.8) is 0 Å². The first-order valence-electron chi connectivity index (χ1n) is 11.7. The van der Waals surface area contributed by atoms with Gasteiger partial charge in [-0.1, -0.05) is 139 Å². The molecular formula is C28H40. The van der Waals surface area contributed by atoms with Gasteiger partial charge in [-0.25, -0.2) is 0 Å². The van der Waals surface area contributed by atoms with Crippen molar-refractivity contribution in [2.24, 2.45) is 0 Å². The summed E-state index contributed by atoms with van der Waals surface area (Å²) in [4.78, 5) is 0. The number of hydrogen-bond acceptors (Lipinski definition) is 0. The van der Waals surface area contributed by atoms with Gasteiger partial charge in [0, 0.05) is 5.41 Å². The van der Waals surface area contributed by atoms with Gasteiger partial charge >= 0.3 is 0 Å². The maximum Gasteiger partial charge on any atom is 0.0174 e. The first-order chi connectivity index (χ1) is 13.8. The summed E-state index contributed by atoms with van der Waals surface area (Å²) >= 11 is 0. The lowest BCUT2D eigenvalue weighted by Crippen LogP contribution is -2.23. The van der Waals surface area contributed by atoms with Gasteiger partial charge in [-0.3, -0.25) is 0 Å². The van der Waals surface area contributed by atoms with Gasteiger partial charge < -0.3 is 0 Å². The number of rotatable bonds is 15. The summed E-state index contributed by atoms with van der Waals surface area (Å²) in [6.07, 6.45) is 18.1. The summed E-state index contributed by atoms with van der Waals surface area (Å²) in [6.45, 7) is 4.69. The molecule has 0 spiro atoms. The highest BCUT2D eigenvalue weighted by atomic mass is 14.3. The van der Waals surface area contributed by atoms with Crippen molar-refractivity contribution in [3.05, 3.63) is 71.8 Å². The van der Waals surface area contributed by atoms with Crippen LogP contribution in [0, 0.1) is 12.1 Å². The lowest BCUT2D eigenvalue weighted by molar-refractivity contribution is 0.469. The van der Waals surface area contributed by atoms with Gasteiger partial charge in [0.15, 0.2) is 0 Å². The summed E-state index contributed by atoms with van der Waals surface area (Å²) in [7, 11) is 0. The fraction of sp³-hybridized carbons (Fsp3) is 0.571. The van der Waals surface area contributed by atoms with Crippen molar-refractivity contribution < 1.29 is 0 Å². The highest BCUT2D eigenvalue weighted by Gasteiger charge is 2.27. The van der Waals surface area contributed by atoms with Crippen molar-refractivity contribution >= 4 is 0 Å². The zero-order valence-electron chi connectivity index (χ0n) is 18.3. The number of hydrogen-bond donors (Lipinski definition) is 0. The van der Waals surface area contributed by atoms with Gasteiger partial charge in [0.1, 0.15) is 0 Å². The highest BCUT2D eigenvalue weighted by molar-refractivity contribution is 5.37. The molecule has 2 aromatic rings. The van der Waals surface area contributed by atoms with Crippen molar-refractivity contribution in [2.75, 3.05) is 0 Å². The van der Waals surface area contributed by atoms with Crippen LogP contribution >= 0.6 is 0 Å². The molecule has 0 N–H and O–H groups in total. The van der Waals surface area contributed by atoms with Crippen LogP contribution in [0.15, 0.2) is 48.5 Å². The lowest BCUT2D eigenvalue weighted by Gasteiger charge is -2.31. The topological polar surface area (TPSA) is 0 Å². The molecule has 0 aliphatic rings. The third kappa shape index (κ3) is 7.82. The number of benzene rings is 2. The predicted octanol–water partition coefficient (Wildman–Crippen LogP) is 8.68.